The number of carbonyl (C=O) groups excluding carboxylic acids is 1. The van der Waals surface area contributed by atoms with Gasteiger partial charge in [-0.25, -0.2) is 0 Å². The van der Waals surface area contributed by atoms with Gasteiger partial charge in [-0.2, -0.15) is 0 Å². The standard InChI is InChI=1S/C22H30O4/c1-26-22(25)18-10-17-21(24)15-8-3-2-7-14-20(23)16-9-13-19-11-5-4-6-12-19/h2-3,7,14,19-21,23-24H,4-6,10-12,16-18H2,1H3/b3-2+,14-7+/t20-,21+/m0/s1. The molecule has 2 N–H and O–H groups in total. The molecule has 0 bridgehead atoms. The highest BCUT2D eigenvalue weighted by Gasteiger charge is 2.09. The third-order valence-corrected chi connectivity index (χ3v) is 4.18. The summed E-state index contributed by atoms with van der Waals surface area (Å²) >= 11 is 0. The highest BCUT2D eigenvalue weighted by molar-refractivity contribution is 5.68. The van der Waals surface area contributed by atoms with Gasteiger partial charge in [0.25, 0.3) is 0 Å². The van der Waals surface area contributed by atoms with Crippen LogP contribution in [0.2, 0.25) is 0 Å². The molecule has 2 atom stereocenters. The van der Waals surface area contributed by atoms with Gasteiger partial charge < -0.3 is 14.9 Å². The van der Waals surface area contributed by atoms with Crippen molar-refractivity contribution in [2.75, 3.05) is 7.11 Å². The Balaban J connectivity index is 2.19. The number of hydrogen-bond donors (Lipinski definition) is 2. The van der Waals surface area contributed by atoms with Gasteiger partial charge in [0.05, 0.1) is 13.2 Å². The Morgan fingerprint density at radius 2 is 2.00 bits per heavy atom. The van der Waals surface area contributed by atoms with Crippen molar-refractivity contribution in [2.45, 2.75) is 70.0 Å². The fourth-order valence-electron chi connectivity index (χ4n) is 2.68. The van der Waals surface area contributed by atoms with E-state index in [2.05, 4.69) is 28.4 Å². The summed E-state index contributed by atoms with van der Waals surface area (Å²) in [5.74, 6) is 12.0. The minimum Gasteiger partial charge on any atom is -0.469 e. The van der Waals surface area contributed by atoms with Crippen molar-refractivity contribution in [2.24, 2.45) is 5.92 Å². The lowest BCUT2D eigenvalue weighted by Crippen LogP contribution is -2.05. The minimum absolute atomic E-state index is 0.280. The molecule has 0 aliphatic heterocycles. The van der Waals surface area contributed by atoms with Crippen LogP contribution in [0.25, 0.3) is 0 Å². The van der Waals surface area contributed by atoms with Crippen LogP contribution < -0.4 is 0 Å². The predicted molar refractivity (Wildman–Crippen MR) is 103 cm³/mol. The lowest BCUT2D eigenvalue weighted by Gasteiger charge is -2.15. The van der Waals surface area contributed by atoms with Crippen LogP contribution >= 0.6 is 0 Å². The van der Waals surface area contributed by atoms with Gasteiger partial charge in [-0.1, -0.05) is 61.2 Å². The lowest BCUT2D eigenvalue weighted by molar-refractivity contribution is -0.140. The number of methoxy groups -OCH3 is 1. The van der Waals surface area contributed by atoms with Crippen molar-refractivity contribution in [3.63, 3.8) is 0 Å². The van der Waals surface area contributed by atoms with E-state index < -0.39 is 12.2 Å². The van der Waals surface area contributed by atoms with E-state index in [0.29, 0.717) is 25.2 Å². The summed E-state index contributed by atoms with van der Waals surface area (Å²) in [6, 6.07) is 0. The fraction of sp³-hybridized carbons (Fsp3) is 0.591. The molecule has 0 radical (unpaired) electrons. The molecule has 1 aliphatic carbocycles. The summed E-state index contributed by atoms with van der Waals surface area (Å²) in [4.78, 5) is 10.9. The Hall–Kier alpha value is -2.01. The quantitative estimate of drug-likeness (QED) is 0.417. The van der Waals surface area contributed by atoms with E-state index in [4.69, 9.17) is 0 Å². The molecule has 0 heterocycles. The summed E-state index contributed by atoms with van der Waals surface area (Å²) in [5.41, 5.74) is 0. The van der Waals surface area contributed by atoms with Crippen molar-refractivity contribution in [1.29, 1.82) is 0 Å². The maximum absolute atomic E-state index is 10.9. The summed E-state index contributed by atoms with van der Waals surface area (Å²) in [7, 11) is 1.34. The highest BCUT2D eigenvalue weighted by atomic mass is 16.5. The number of allylic oxidation sites excluding steroid dienone is 3. The molecule has 4 heteroatoms. The van der Waals surface area contributed by atoms with Gasteiger partial charge in [0.15, 0.2) is 0 Å². The summed E-state index contributed by atoms with van der Waals surface area (Å²) in [6.07, 6.45) is 13.4. The molecule has 0 unspecified atom stereocenters. The molecule has 142 valence electrons. The van der Waals surface area contributed by atoms with Gasteiger partial charge in [-0.3, -0.25) is 4.79 Å². The number of aliphatic hydroxyl groups is 2. The smallest absolute Gasteiger partial charge is 0.305 e. The molecule has 0 aromatic heterocycles. The SMILES string of the molecule is COC(=O)CCC[C@H](O)C#C/C=C/C=C/[C@H](O)CC#CC1CCCCC1. The Kier molecular flexibility index (Phi) is 12.0. The zero-order valence-electron chi connectivity index (χ0n) is 15.6. The number of carbonyl (C=O) groups is 1. The van der Waals surface area contributed by atoms with E-state index in [9.17, 15) is 15.0 Å². The summed E-state index contributed by atoms with van der Waals surface area (Å²) in [5, 5.41) is 19.5. The van der Waals surface area contributed by atoms with E-state index >= 15 is 0 Å². The maximum Gasteiger partial charge on any atom is 0.305 e. The molecule has 1 rings (SSSR count). The van der Waals surface area contributed by atoms with E-state index in [0.717, 1.165) is 0 Å². The normalized spacial score (nSPS) is 17.2. The molecule has 1 aliphatic rings. The van der Waals surface area contributed by atoms with Crippen molar-refractivity contribution < 1.29 is 19.7 Å². The number of ether oxygens (including phenoxy) is 1. The molecule has 4 nitrogen and oxygen atoms in total. The number of esters is 1. The van der Waals surface area contributed by atoms with E-state index in [1.807, 2.05) is 0 Å². The fourth-order valence-corrected chi connectivity index (χ4v) is 2.68. The predicted octanol–water partition coefficient (Wildman–Crippen LogP) is 3.14. The number of rotatable bonds is 7. The molecule has 0 saturated heterocycles. The third kappa shape index (κ3) is 11.5. The molecular weight excluding hydrogens is 328 g/mol. The Bertz CT molecular complexity index is 577. The molecule has 0 aromatic carbocycles. The van der Waals surface area contributed by atoms with E-state index in [1.165, 1.54) is 39.2 Å². The molecule has 1 fully saturated rings. The maximum atomic E-state index is 10.9. The Labute approximate surface area is 157 Å². The number of aliphatic hydroxyl groups excluding tert-OH is 2. The second-order valence-electron chi connectivity index (χ2n) is 6.44. The first-order valence-corrected chi connectivity index (χ1v) is 9.37. The summed E-state index contributed by atoms with van der Waals surface area (Å²) in [6.45, 7) is 0. The van der Waals surface area contributed by atoms with Crippen LogP contribution in [0.3, 0.4) is 0 Å². The van der Waals surface area contributed by atoms with Crippen molar-refractivity contribution >= 4 is 5.97 Å². The van der Waals surface area contributed by atoms with Crippen LogP contribution in [-0.4, -0.2) is 35.5 Å². The van der Waals surface area contributed by atoms with Gasteiger partial charge in [0.2, 0.25) is 0 Å². The van der Waals surface area contributed by atoms with Crippen molar-refractivity contribution in [3.05, 3.63) is 24.3 Å². The van der Waals surface area contributed by atoms with Crippen LogP contribution in [0, 0.1) is 29.6 Å². The van der Waals surface area contributed by atoms with Crippen LogP contribution in [0.1, 0.15) is 57.8 Å². The second-order valence-corrected chi connectivity index (χ2v) is 6.44. The molecule has 0 spiro atoms. The van der Waals surface area contributed by atoms with E-state index in [1.54, 1.807) is 24.3 Å². The van der Waals surface area contributed by atoms with E-state index in [-0.39, 0.29) is 12.4 Å². The van der Waals surface area contributed by atoms with Crippen LogP contribution in [0.4, 0.5) is 0 Å². The molecular formula is C22H30O4. The van der Waals surface area contributed by atoms with Crippen LogP contribution in [-0.2, 0) is 9.53 Å². The molecule has 1 saturated carbocycles. The first kappa shape index (κ1) is 22.0. The molecule has 0 amide bonds. The first-order valence-electron chi connectivity index (χ1n) is 9.37. The minimum atomic E-state index is -0.756. The lowest BCUT2D eigenvalue weighted by atomic mass is 9.90. The average molecular weight is 358 g/mol. The van der Waals surface area contributed by atoms with Gasteiger partial charge in [-0.15, -0.1) is 0 Å². The van der Waals surface area contributed by atoms with Crippen molar-refractivity contribution in [3.8, 4) is 23.7 Å². The Morgan fingerprint density at radius 3 is 2.73 bits per heavy atom. The second kappa shape index (κ2) is 14.2. The van der Waals surface area contributed by atoms with Gasteiger partial charge >= 0.3 is 5.97 Å². The summed E-state index contributed by atoms with van der Waals surface area (Å²) < 4.78 is 4.53. The topological polar surface area (TPSA) is 66.8 Å². The first-order chi connectivity index (χ1) is 12.6. The number of hydrogen-bond acceptors (Lipinski definition) is 4. The average Bonchev–Trinajstić information content (AvgIpc) is 2.65. The largest absolute Gasteiger partial charge is 0.469 e. The third-order valence-electron chi connectivity index (χ3n) is 4.18. The highest BCUT2D eigenvalue weighted by Crippen LogP contribution is 2.22. The molecule has 0 aromatic rings. The van der Waals surface area contributed by atoms with Crippen molar-refractivity contribution in [1.82, 2.24) is 0 Å². The van der Waals surface area contributed by atoms with Gasteiger partial charge in [0.1, 0.15) is 6.10 Å². The van der Waals surface area contributed by atoms with Gasteiger partial charge in [-0.05, 0) is 31.8 Å². The zero-order valence-corrected chi connectivity index (χ0v) is 15.6. The Morgan fingerprint density at radius 1 is 1.23 bits per heavy atom. The zero-order chi connectivity index (χ0) is 19.0. The van der Waals surface area contributed by atoms with Crippen LogP contribution in [0.5, 0.6) is 0 Å². The molecule has 26 heavy (non-hydrogen) atoms. The monoisotopic (exact) mass is 358 g/mol. The van der Waals surface area contributed by atoms with Crippen LogP contribution in [0.15, 0.2) is 24.3 Å². The van der Waals surface area contributed by atoms with Gasteiger partial charge in [0, 0.05) is 18.8 Å².